The van der Waals surface area contributed by atoms with Gasteiger partial charge in [0.15, 0.2) is 23.4 Å². The van der Waals surface area contributed by atoms with Gasteiger partial charge in [-0.3, -0.25) is 9.79 Å². The number of thiazole rings is 1. The third-order valence-corrected chi connectivity index (χ3v) is 4.11. The minimum atomic E-state index is -1.63. The van der Waals surface area contributed by atoms with Gasteiger partial charge in [0.25, 0.3) is 0 Å². The van der Waals surface area contributed by atoms with Gasteiger partial charge in [0.2, 0.25) is 5.91 Å². The number of guanidine groups is 1. The third kappa shape index (κ3) is 6.97. The molecule has 1 amide bonds. The van der Waals surface area contributed by atoms with Crippen LogP contribution < -0.4 is 16.0 Å². The maximum absolute atomic E-state index is 13.5. The lowest BCUT2D eigenvalue weighted by molar-refractivity contribution is -0.115. The van der Waals surface area contributed by atoms with Gasteiger partial charge >= 0.3 is 0 Å². The maximum atomic E-state index is 13.5. The van der Waals surface area contributed by atoms with E-state index in [4.69, 9.17) is 0 Å². The summed E-state index contributed by atoms with van der Waals surface area (Å²) in [5, 5.41) is 10.9. The smallest absolute Gasteiger partial charge is 0.243 e. The van der Waals surface area contributed by atoms with E-state index >= 15 is 0 Å². The van der Waals surface area contributed by atoms with E-state index in [0.29, 0.717) is 18.9 Å². The summed E-state index contributed by atoms with van der Waals surface area (Å²) in [7, 11) is 1.54. The largest absolute Gasteiger partial charge is 0.356 e. The van der Waals surface area contributed by atoms with E-state index in [-0.39, 0.29) is 30.5 Å². The first-order valence-corrected chi connectivity index (χ1v) is 8.57. The second-order valence-corrected chi connectivity index (χ2v) is 6.29. The number of amides is 1. The molecule has 0 aliphatic carbocycles. The Labute approximate surface area is 175 Å². The second kappa shape index (κ2) is 11.1. The summed E-state index contributed by atoms with van der Waals surface area (Å²) in [6.07, 6.45) is 0.692. The monoisotopic (exact) mass is 513 g/mol. The number of aliphatic imine (C=N–C) groups is 1. The number of rotatable bonds is 6. The zero-order valence-electron chi connectivity index (χ0n) is 14.6. The average molecular weight is 513 g/mol. The van der Waals surface area contributed by atoms with Crippen molar-refractivity contribution < 1.29 is 18.0 Å². The van der Waals surface area contributed by atoms with E-state index < -0.39 is 29.0 Å². The lowest BCUT2D eigenvalue weighted by Gasteiger charge is -2.12. The van der Waals surface area contributed by atoms with Crippen LogP contribution in [0.5, 0.6) is 0 Å². The Kier molecular flexibility index (Phi) is 9.49. The predicted molar refractivity (Wildman–Crippen MR) is 110 cm³/mol. The summed E-state index contributed by atoms with van der Waals surface area (Å²) >= 11 is 1.57. The van der Waals surface area contributed by atoms with E-state index in [1.165, 1.54) is 7.05 Å². The summed E-state index contributed by atoms with van der Waals surface area (Å²) < 4.78 is 39.5. The molecule has 0 unspecified atom stereocenters. The molecule has 148 valence electrons. The Morgan fingerprint density at radius 3 is 2.59 bits per heavy atom. The number of hydrogen-bond acceptors (Lipinski definition) is 4. The molecule has 11 heteroatoms. The summed E-state index contributed by atoms with van der Waals surface area (Å²) in [6.45, 7) is 2.26. The molecule has 0 aliphatic heterocycles. The lowest BCUT2D eigenvalue weighted by Crippen LogP contribution is -2.42. The van der Waals surface area contributed by atoms with Gasteiger partial charge in [0.1, 0.15) is 0 Å². The van der Waals surface area contributed by atoms with Gasteiger partial charge in [-0.2, -0.15) is 0 Å². The topological polar surface area (TPSA) is 78.4 Å². The highest BCUT2D eigenvalue weighted by Gasteiger charge is 2.15. The van der Waals surface area contributed by atoms with Crippen LogP contribution in [0.4, 0.5) is 18.9 Å². The van der Waals surface area contributed by atoms with Crippen LogP contribution in [0.15, 0.2) is 22.5 Å². The van der Waals surface area contributed by atoms with Crippen molar-refractivity contribution in [1.29, 1.82) is 0 Å². The molecule has 6 nitrogen and oxygen atoms in total. The fourth-order valence-corrected chi connectivity index (χ4v) is 2.68. The number of nitrogens with zero attached hydrogens (tertiary/aromatic N) is 2. The van der Waals surface area contributed by atoms with E-state index in [1.807, 2.05) is 12.3 Å². The number of nitrogens with one attached hydrogen (secondary N) is 3. The molecular formula is C16H19F3IN5OS. The molecule has 0 atom stereocenters. The highest BCUT2D eigenvalue weighted by Crippen LogP contribution is 2.19. The SMILES string of the molecule is CN=C(NCCc1csc(C)n1)NCC(=O)Nc1ccc(F)c(F)c1F.I. The van der Waals surface area contributed by atoms with Crippen molar-refractivity contribution in [3.63, 3.8) is 0 Å². The predicted octanol–water partition coefficient (Wildman–Crippen LogP) is 2.83. The number of hydrogen-bond donors (Lipinski definition) is 3. The maximum Gasteiger partial charge on any atom is 0.243 e. The first-order chi connectivity index (χ1) is 12.4. The normalized spacial score (nSPS) is 10.9. The molecule has 1 heterocycles. The van der Waals surface area contributed by atoms with Crippen molar-refractivity contribution >= 4 is 52.9 Å². The number of benzene rings is 1. The van der Waals surface area contributed by atoms with Gasteiger partial charge in [-0.1, -0.05) is 0 Å². The highest BCUT2D eigenvalue weighted by molar-refractivity contribution is 14.0. The molecule has 0 fully saturated rings. The summed E-state index contributed by atoms with van der Waals surface area (Å²) in [4.78, 5) is 20.1. The van der Waals surface area contributed by atoms with Crippen molar-refractivity contribution in [3.8, 4) is 0 Å². The van der Waals surface area contributed by atoms with Crippen LogP contribution in [-0.4, -0.2) is 37.0 Å². The van der Waals surface area contributed by atoms with Crippen LogP contribution in [0, 0.1) is 24.4 Å². The van der Waals surface area contributed by atoms with E-state index in [2.05, 4.69) is 25.9 Å². The fraction of sp³-hybridized carbons (Fsp3) is 0.312. The third-order valence-electron chi connectivity index (χ3n) is 3.29. The highest BCUT2D eigenvalue weighted by atomic mass is 127. The Balaban J connectivity index is 0.00000364. The van der Waals surface area contributed by atoms with Crippen molar-refractivity contribution in [2.24, 2.45) is 4.99 Å². The Bertz CT molecular complexity index is 815. The van der Waals surface area contributed by atoms with Crippen LogP contribution in [0.1, 0.15) is 10.7 Å². The Morgan fingerprint density at radius 1 is 1.22 bits per heavy atom. The van der Waals surface area contributed by atoms with Crippen LogP contribution in [0.2, 0.25) is 0 Å². The van der Waals surface area contributed by atoms with Crippen LogP contribution in [-0.2, 0) is 11.2 Å². The summed E-state index contributed by atoms with van der Waals surface area (Å²) in [5.41, 5.74) is 0.527. The van der Waals surface area contributed by atoms with Gasteiger partial charge < -0.3 is 16.0 Å². The van der Waals surface area contributed by atoms with E-state index in [0.717, 1.165) is 22.8 Å². The second-order valence-electron chi connectivity index (χ2n) is 5.23. The Hall–Kier alpha value is -1.89. The molecule has 27 heavy (non-hydrogen) atoms. The molecule has 0 saturated heterocycles. The van der Waals surface area contributed by atoms with Gasteiger partial charge in [-0.15, -0.1) is 35.3 Å². The molecule has 1 aromatic heterocycles. The molecule has 0 spiro atoms. The van der Waals surface area contributed by atoms with Gasteiger partial charge in [-0.25, -0.2) is 18.2 Å². The molecule has 2 rings (SSSR count). The molecular weight excluding hydrogens is 494 g/mol. The quantitative estimate of drug-likeness (QED) is 0.240. The van der Waals surface area contributed by atoms with Crippen LogP contribution in [0.3, 0.4) is 0 Å². The average Bonchev–Trinajstić information content (AvgIpc) is 3.03. The molecule has 2 aromatic rings. The number of aryl methyl sites for hydroxylation is 1. The zero-order valence-corrected chi connectivity index (χ0v) is 17.8. The molecule has 0 aliphatic rings. The fourth-order valence-electron chi connectivity index (χ4n) is 2.03. The first-order valence-electron chi connectivity index (χ1n) is 7.69. The van der Waals surface area contributed by atoms with Crippen molar-refractivity contribution in [1.82, 2.24) is 15.6 Å². The number of aromatic nitrogens is 1. The molecule has 1 aromatic carbocycles. The van der Waals surface area contributed by atoms with Gasteiger partial charge in [0, 0.05) is 25.4 Å². The summed E-state index contributed by atoms with van der Waals surface area (Å²) in [5.74, 6) is -4.66. The van der Waals surface area contributed by atoms with Crippen LogP contribution >= 0.6 is 35.3 Å². The lowest BCUT2D eigenvalue weighted by atomic mass is 10.2. The number of carbonyl (C=O) groups is 1. The minimum Gasteiger partial charge on any atom is -0.356 e. The molecule has 3 N–H and O–H groups in total. The molecule has 0 radical (unpaired) electrons. The first kappa shape index (κ1) is 23.1. The number of carbonyl (C=O) groups excluding carboxylic acids is 1. The van der Waals surface area contributed by atoms with Crippen LogP contribution in [0.25, 0.3) is 0 Å². The number of halogens is 4. The Morgan fingerprint density at radius 2 is 1.96 bits per heavy atom. The zero-order chi connectivity index (χ0) is 19.1. The summed E-state index contributed by atoms with van der Waals surface area (Å²) in [6, 6.07) is 1.69. The minimum absolute atomic E-state index is 0. The van der Waals surface area contributed by atoms with Crippen molar-refractivity contribution in [2.75, 3.05) is 25.5 Å². The molecule has 0 saturated carbocycles. The standard InChI is InChI=1S/C16H18F3N5OS.HI/c1-9-23-10(8-26-9)5-6-21-16(20-2)22-7-13(25)24-12-4-3-11(17)14(18)15(12)19;/h3-4,8H,5-7H2,1-2H3,(H,24,25)(H2,20,21,22);1H. The number of anilines is 1. The molecule has 0 bridgehead atoms. The van der Waals surface area contributed by atoms with Gasteiger partial charge in [0.05, 0.1) is 22.9 Å². The van der Waals surface area contributed by atoms with Crippen molar-refractivity contribution in [3.05, 3.63) is 45.7 Å². The van der Waals surface area contributed by atoms with Gasteiger partial charge in [-0.05, 0) is 19.1 Å². The van der Waals surface area contributed by atoms with Crippen molar-refractivity contribution in [2.45, 2.75) is 13.3 Å². The van der Waals surface area contributed by atoms with E-state index in [1.54, 1.807) is 11.3 Å². The van der Waals surface area contributed by atoms with E-state index in [9.17, 15) is 18.0 Å².